The predicted molar refractivity (Wildman–Crippen MR) is 141 cm³/mol. The number of piperazine rings is 1. The van der Waals surface area contributed by atoms with Gasteiger partial charge in [-0.1, -0.05) is 18.2 Å². The second kappa shape index (κ2) is 10.7. The highest BCUT2D eigenvalue weighted by Gasteiger charge is 2.29. The van der Waals surface area contributed by atoms with Crippen LogP contribution in [0.3, 0.4) is 0 Å². The minimum Gasteiger partial charge on any atom is -0.333 e. The largest absolute Gasteiger partial charge is 0.333 e. The number of pyridine rings is 1. The number of carbonyl (C=O) groups is 1. The first-order valence-corrected chi connectivity index (χ1v) is 13.7. The van der Waals surface area contributed by atoms with Crippen LogP contribution in [0.25, 0.3) is 10.9 Å². The average molecular weight is 555 g/mol. The summed E-state index contributed by atoms with van der Waals surface area (Å²) in [4.78, 5) is 20.9. The lowest BCUT2D eigenvalue weighted by Crippen LogP contribution is -2.53. The van der Waals surface area contributed by atoms with Crippen molar-refractivity contribution in [1.29, 1.82) is 0 Å². The summed E-state index contributed by atoms with van der Waals surface area (Å²) in [5.41, 5.74) is 0.679. The number of hydrogen-bond acceptors (Lipinski definition) is 5. The minimum absolute atomic E-state index is 0.0467. The molecular formula is C28H25F3N4O3S. The number of carbonyl (C=O) groups excluding carboxylic acids is 1. The number of benzene rings is 3. The van der Waals surface area contributed by atoms with Crippen LogP contribution >= 0.6 is 0 Å². The van der Waals surface area contributed by atoms with E-state index in [2.05, 4.69) is 9.71 Å². The molecule has 0 spiro atoms. The summed E-state index contributed by atoms with van der Waals surface area (Å²) in [6.45, 7) is 2.72. The van der Waals surface area contributed by atoms with Gasteiger partial charge in [-0.2, -0.15) is 0 Å². The highest BCUT2D eigenvalue weighted by atomic mass is 32.2. The third-order valence-corrected chi connectivity index (χ3v) is 8.18. The van der Waals surface area contributed by atoms with Crippen molar-refractivity contribution in [2.75, 3.05) is 24.4 Å². The van der Waals surface area contributed by atoms with E-state index in [1.165, 1.54) is 36.5 Å². The van der Waals surface area contributed by atoms with Crippen molar-refractivity contribution in [2.24, 2.45) is 0 Å². The number of para-hydroxylation sites is 1. The van der Waals surface area contributed by atoms with Crippen LogP contribution in [0.4, 0.5) is 18.9 Å². The number of rotatable bonds is 6. The van der Waals surface area contributed by atoms with Crippen molar-refractivity contribution in [1.82, 2.24) is 14.8 Å². The maximum absolute atomic E-state index is 14.1. The second-order valence-corrected chi connectivity index (χ2v) is 11.1. The van der Waals surface area contributed by atoms with Crippen molar-refractivity contribution in [2.45, 2.75) is 24.4 Å². The molecule has 1 amide bonds. The van der Waals surface area contributed by atoms with Crippen molar-refractivity contribution >= 4 is 32.5 Å². The van der Waals surface area contributed by atoms with Crippen molar-refractivity contribution in [3.8, 4) is 0 Å². The third-order valence-electron chi connectivity index (χ3n) is 6.76. The first kappa shape index (κ1) is 26.6. The number of nitrogens with one attached hydrogen (secondary N) is 1. The normalized spacial score (nSPS) is 16.4. The lowest BCUT2D eigenvalue weighted by molar-refractivity contribution is 0.0470. The van der Waals surface area contributed by atoms with Crippen LogP contribution in [-0.4, -0.2) is 54.8 Å². The van der Waals surface area contributed by atoms with Gasteiger partial charge < -0.3 is 4.90 Å². The van der Waals surface area contributed by atoms with Gasteiger partial charge in [0.1, 0.15) is 10.7 Å². The summed E-state index contributed by atoms with van der Waals surface area (Å²) in [7, 11) is -3.93. The molecule has 1 aliphatic heterocycles. The first-order chi connectivity index (χ1) is 18.6. The SMILES string of the molecule is CC1CN(Cc2c(F)ccc(F)c2F)CCN1C(=O)c1ccc(NS(=O)(=O)c2cccc3cccnc23)cc1. The summed E-state index contributed by atoms with van der Waals surface area (Å²) in [5, 5.41) is 0.696. The van der Waals surface area contributed by atoms with Crippen LogP contribution in [0.5, 0.6) is 0 Å². The van der Waals surface area contributed by atoms with Crippen molar-refractivity contribution < 1.29 is 26.4 Å². The van der Waals surface area contributed by atoms with Gasteiger partial charge in [0, 0.05) is 60.6 Å². The topological polar surface area (TPSA) is 82.6 Å². The van der Waals surface area contributed by atoms with Gasteiger partial charge in [-0.3, -0.25) is 19.4 Å². The van der Waals surface area contributed by atoms with Gasteiger partial charge >= 0.3 is 0 Å². The van der Waals surface area contributed by atoms with E-state index in [-0.39, 0.29) is 34.6 Å². The summed E-state index contributed by atoms with van der Waals surface area (Å²) in [6, 6.07) is 15.9. The lowest BCUT2D eigenvalue weighted by Gasteiger charge is -2.40. The van der Waals surface area contributed by atoms with Gasteiger partial charge in [0.25, 0.3) is 15.9 Å². The summed E-state index contributed by atoms with van der Waals surface area (Å²) in [6.07, 6.45) is 1.53. The van der Waals surface area contributed by atoms with Crippen LogP contribution in [0.1, 0.15) is 22.8 Å². The van der Waals surface area contributed by atoms with Gasteiger partial charge in [0.2, 0.25) is 0 Å². The van der Waals surface area contributed by atoms with E-state index in [0.29, 0.717) is 36.1 Å². The monoisotopic (exact) mass is 554 g/mol. The number of halogens is 3. The number of sulfonamides is 1. The van der Waals surface area contributed by atoms with Crippen molar-refractivity contribution in [3.63, 3.8) is 0 Å². The number of anilines is 1. The summed E-state index contributed by atoms with van der Waals surface area (Å²) >= 11 is 0. The Morgan fingerprint density at radius 1 is 0.974 bits per heavy atom. The fourth-order valence-electron chi connectivity index (χ4n) is 4.77. The Morgan fingerprint density at radius 3 is 2.44 bits per heavy atom. The Labute approximate surface area is 223 Å². The average Bonchev–Trinajstić information content (AvgIpc) is 2.93. The highest BCUT2D eigenvalue weighted by molar-refractivity contribution is 7.93. The van der Waals surface area contributed by atoms with Crippen LogP contribution < -0.4 is 4.72 Å². The molecule has 1 atom stereocenters. The third kappa shape index (κ3) is 5.45. The molecule has 0 bridgehead atoms. The Kier molecular flexibility index (Phi) is 7.28. The molecule has 2 heterocycles. The zero-order valence-electron chi connectivity index (χ0n) is 20.9. The Balaban J connectivity index is 1.25. The van der Waals surface area contributed by atoms with E-state index in [1.54, 1.807) is 34.1 Å². The molecule has 1 fully saturated rings. The zero-order chi connectivity index (χ0) is 27.7. The van der Waals surface area contributed by atoms with E-state index in [1.807, 2.05) is 6.92 Å². The van der Waals surface area contributed by atoms with Crippen LogP contribution in [-0.2, 0) is 16.6 Å². The quantitative estimate of drug-likeness (QED) is 0.347. The highest BCUT2D eigenvalue weighted by Crippen LogP contribution is 2.25. The number of aromatic nitrogens is 1. The molecule has 1 aliphatic rings. The van der Waals surface area contributed by atoms with E-state index < -0.39 is 27.5 Å². The molecule has 5 rings (SSSR count). The van der Waals surface area contributed by atoms with E-state index in [4.69, 9.17) is 0 Å². The summed E-state index contributed by atoms with van der Waals surface area (Å²) < 4.78 is 70.3. The Hall–Kier alpha value is -3.96. The lowest BCUT2D eigenvalue weighted by atomic mass is 10.1. The molecule has 0 radical (unpaired) electrons. The number of amides is 1. The molecule has 1 saturated heterocycles. The molecule has 1 N–H and O–H groups in total. The molecule has 39 heavy (non-hydrogen) atoms. The van der Waals surface area contributed by atoms with E-state index in [9.17, 15) is 26.4 Å². The molecule has 4 aromatic rings. The fraction of sp³-hybridized carbons (Fsp3) is 0.214. The molecule has 1 aromatic heterocycles. The molecule has 7 nitrogen and oxygen atoms in total. The Morgan fingerprint density at radius 2 is 1.69 bits per heavy atom. The van der Waals surface area contributed by atoms with Crippen LogP contribution in [0.15, 0.2) is 77.8 Å². The first-order valence-electron chi connectivity index (χ1n) is 12.3. The Bertz CT molecular complexity index is 1640. The van der Waals surface area contributed by atoms with Gasteiger partial charge in [-0.25, -0.2) is 21.6 Å². The smallest absolute Gasteiger partial charge is 0.264 e. The molecule has 1 unspecified atom stereocenters. The van der Waals surface area contributed by atoms with Crippen LogP contribution in [0.2, 0.25) is 0 Å². The van der Waals surface area contributed by atoms with Gasteiger partial charge in [-0.15, -0.1) is 0 Å². The predicted octanol–water partition coefficient (Wildman–Crippen LogP) is 4.80. The second-order valence-electron chi connectivity index (χ2n) is 9.42. The van der Waals surface area contributed by atoms with Gasteiger partial charge in [0.15, 0.2) is 11.6 Å². The molecule has 202 valence electrons. The van der Waals surface area contributed by atoms with E-state index in [0.717, 1.165) is 12.1 Å². The fourth-order valence-corrected chi connectivity index (χ4v) is 6.01. The number of hydrogen-bond donors (Lipinski definition) is 1. The molecule has 0 aliphatic carbocycles. The molecule has 3 aromatic carbocycles. The molecular weight excluding hydrogens is 529 g/mol. The minimum atomic E-state index is -3.93. The molecule has 0 saturated carbocycles. The van der Waals surface area contributed by atoms with Crippen LogP contribution in [0, 0.1) is 17.5 Å². The van der Waals surface area contributed by atoms with Crippen molar-refractivity contribution in [3.05, 3.63) is 102 Å². The van der Waals surface area contributed by atoms with Gasteiger partial charge in [0.05, 0.1) is 5.52 Å². The van der Waals surface area contributed by atoms with Gasteiger partial charge in [-0.05, 0) is 55.5 Å². The number of fused-ring (bicyclic) bond motifs is 1. The maximum Gasteiger partial charge on any atom is 0.264 e. The zero-order valence-corrected chi connectivity index (χ0v) is 21.8. The summed E-state index contributed by atoms with van der Waals surface area (Å²) in [5.74, 6) is -3.37. The molecule has 11 heteroatoms. The maximum atomic E-state index is 14.1. The standard InChI is InChI=1S/C28H25F3N4O3S/c1-18-16-34(17-22-23(29)11-12-24(30)26(22)31)14-15-35(18)28(36)20-7-9-21(10-8-20)33-39(37,38)25-6-2-4-19-5-3-13-32-27(19)25/h2-13,18,33H,14-17H2,1H3. The van der Waals surface area contributed by atoms with E-state index >= 15 is 0 Å². The number of nitrogens with zero attached hydrogens (tertiary/aromatic N) is 3.